The Morgan fingerprint density at radius 3 is 2.67 bits per heavy atom. The molecule has 1 heterocycles. The van der Waals surface area contributed by atoms with E-state index in [-0.39, 0.29) is 5.97 Å². The van der Waals surface area contributed by atoms with Crippen molar-refractivity contribution in [1.29, 1.82) is 0 Å². The van der Waals surface area contributed by atoms with Gasteiger partial charge in [0.05, 0.1) is 0 Å². The van der Waals surface area contributed by atoms with Gasteiger partial charge in [0, 0.05) is 6.20 Å². The van der Waals surface area contributed by atoms with Crippen molar-refractivity contribution in [1.82, 2.24) is 5.48 Å². The van der Waals surface area contributed by atoms with Gasteiger partial charge in [0.2, 0.25) is 6.10 Å². The van der Waals surface area contributed by atoms with E-state index >= 15 is 0 Å². The summed E-state index contributed by atoms with van der Waals surface area (Å²) in [5, 5.41) is 0. The van der Waals surface area contributed by atoms with Gasteiger partial charge < -0.3 is 4.74 Å². The van der Waals surface area contributed by atoms with Gasteiger partial charge in [-0.2, -0.15) is 0 Å². The minimum atomic E-state index is -0.607. The molecule has 0 amide bonds. The fourth-order valence-electron chi connectivity index (χ4n) is 0.765. The zero-order chi connectivity index (χ0) is 9.19. The average Bonchev–Trinajstić information content (AvgIpc) is 2.32. The summed E-state index contributed by atoms with van der Waals surface area (Å²) >= 11 is 0. The summed E-state index contributed by atoms with van der Waals surface area (Å²) in [6.07, 6.45) is 2.56. The number of carbonyl (C=O) groups is 1. The van der Waals surface area contributed by atoms with Crippen molar-refractivity contribution in [3.63, 3.8) is 0 Å². The predicted octanol–water partition coefficient (Wildman–Crippen LogP) is 0.745. The van der Waals surface area contributed by atoms with Gasteiger partial charge in [0.15, 0.2) is 0 Å². The molecule has 0 radical (unpaired) electrons. The standard InChI is InChI=1S/C8H13NO3/c1-8(2,3)11-7(10)6-4-5-9-12-6/h4-6,9H,1-3H3. The Labute approximate surface area is 71.5 Å². The summed E-state index contributed by atoms with van der Waals surface area (Å²) in [5.74, 6) is -0.372. The van der Waals surface area contributed by atoms with E-state index < -0.39 is 11.7 Å². The molecule has 1 unspecified atom stereocenters. The number of esters is 1. The average molecular weight is 171 g/mol. The minimum Gasteiger partial charge on any atom is -0.458 e. The molecule has 0 fully saturated rings. The van der Waals surface area contributed by atoms with Crippen molar-refractivity contribution in [2.75, 3.05) is 0 Å². The molecule has 0 aromatic carbocycles. The van der Waals surface area contributed by atoms with E-state index in [0.717, 1.165) is 0 Å². The van der Waals surface area contributed by atoms with E-state index in [1.54, 1.807) is 12.3 Å². The molecule has 0 aromatic heterocycles. The molecule has 4 heteroatoms. The highest BCUT2D eigenvalue weighted by Gasteiger charge is 2.25. The number of carbonyl (C=O) groups excluding carboxylic acids is 1. The Morgan fingerprint density at radius 2 is 2.25 bits per heavy atom. The Balaban J connectivity index is 2.43. The van der Waals surface area contributed by atoms with E-state index in [0.29, 0.717) is 0 Å². The molecule has 12 heavy (non-hydrogen) atoms. The molecule has 1 aliphatic heterocycles. The molecule has 4 nitrogen and oxygen atoms in total. The van der Waals surface area contributed by atoms with Crippen LogP contribution in [0.3, 0.4) is 0 Å². The molecule has 68 valence electrons. The molecule has 0 aliphatic carbocycles. The highest BCUT2D eigenvalue weighted by molar-refractivity contribution is 5.77. The third kappa shape index (κ3) is 2.54. The van der Waals surface area contributed by atoms with Crippen LogP contribution in [0.5, 0.6) is 0 Å². The first-order valence-electron chi connectivity index (χ1n) is 3.80. The van der Waals surface area contributed by atoms with Crippen molar-refractivity contribution in [3.8, 4) is 0 Å². The van der Waals surface area contributed by atoms with Crippen molar-refractivity contribution >= 4 is 5.97 Å². The lowest BCUT2D eigenvalue weighted by molar-refractivity contribution is -0.166. The van der Waals surface area contributed by atoms with Gasteiger partial charge in [-0.05, 0) is 26.8 Å². The summed E-state index contributed by atoms with van der Waals surface area (Å²) in [7, 11) is 0. The molecule has 0 saturated carbocycles. The van der Waals surface area contributed by atoms with Gasteiger partial charge in [0.1, 0.15) is 5.60 Å². The topological polar surface area (TPSA) is 47.6 Å². The second kappa shape index (κ2) is 3.15. The number of nitrogens with one attached hydrogen (secondary N) is 1. The Morgan fingerprint density at radius 1 is 1.58 bits per heavy atom. The van der Waals surface area contributed by atoms with Gasteiger partial charge in [0.25, 0.3) is 0 Å². The number of rotatable bonds is 1. The maximum Gasteiger partial charge on any atom is 0.342 e. The van der Waals surface area contributed by atoms with Crippen LogP contribution < -0.4 is 5.48 Å². The summed E-state index contributed by atoms with van der Waals surface area (Å²) in [4.78, 5) is 16.0. The molecule has 1 N–H and O–H groups in total. The monoisotopic (exact) mass is 171 g/mol. The number of ether oxygens (including phenoxy) is 1. The molecule has 0 saturated heterocycles. The molecular formula is C8H13NO3. The van der Waals surface area contributed by atoms with Crippen molar-refractivity contribution in [2.24, 2.45) is 0 Å². The fourth-order valence-corrected chi connectivity index (χ4v) is 0.765. The molecule has 0 bridgehead atoms. The van der Waals surface area contributed by atoms with Crippen LogP contribution in [0.4, 0.5) is 0 Å². The fraction of sp³-hybridized carbons (Fsp3) is 0.625. The lowest BCUT2D eigenvalue weighted by Crippen LogP contribution is -2.32. The van der Waals surface area contributed by atoms with Crippen LogP contribution in [-0.4, -0.2) is 17.7 Å². The number of hydrogen-bond donors (Lipinski definition) is 1. The second-order valence-electron chi connectivity index (χ2n) is 3.55. The first-order chi connectivity index (χ1) is 5.49. The molecule has 0 aromatic rings. The van der Waals surface area contributed by atoms with Crippen LogP contribution in [0.1, 0.15) is 20.8 Å². The zero-order valence-corrected chi connectivity index (χ0v) is 7.46. The predicted molar refractivity (Wildman–Crippen MR) is 43.0 cm³/mol. The third-order valence-electron chi connectivity index (χ3n) is 1.17. The summed E-state index contributed by atoms with van der Waals surface area (Å²) in [6.45, 7) is 5.45. The van der Waals surface area contributed by atoms with Gasteiger partial charge >= 0.3 is 5.97 Å². The number of hydrogen-bond acceptors (Lipinski definition) is 4. The van der Waals surface area contributed by atoms with Gasteiger partial charge in [-0.1, -0.05) is 0 Å². The lowest BCUT2D eigenvalue weighted by Gasteiger charge is -2.20. The quantitative estimate of drug-likeness (QED) is 0.591. The third-order valence-corrected chi connectivity index (χ3v) is 1.17. The van der Waals surface area contributed by atoms with E-state index in [4.69, 9.17) is 9.57 Å². The van der Waals surface area contributed by atoms with E-state index in [1.165, 1.54) is 0 Å². The van der Waals surface area contributed by atoms with Crippen LogP contribution >= 0.6 is 0 Å². The van der Waals surface area contributed by atoms with Crippen LogP contribution in [-0.2, 0) is 14.4 Å². The van der Waals surface area contributed by atoms with Gasteiger partial charge in [-0.25, -0.2) is 4.79 Å². The van der Waals surface area contributed by atoms with Gasteiger partial charge in [-0.15, -0.1) is 0 Å². The Kier molecular flexibility index (Phi) is 2.38. The highest BCUT2D eigenvalue weighted by Crippen LogP contribution is 2.11. The smallest absolute Gasteiger partial charge is 0.342 e. The van der Waals surface area contributed by atoms with E-state index in [1.807, 2.05) is 20.8 Å². The zero-order valence-electron chi connectivity index (χ0n) is 7.46. The minimum absolute atomic E-state index is 0.372. The van der Waals surface area contributed by atoms with E-state index in [2.05, 4.69) is 5.48 Å². The largest absolute Gasteiger partial charge is 0.458 e. The summed E-state index contributed by atoms with van der Waals surface area (Å²) in [6, 6.07) is 0. The van der Waals surface area contributed by atoms with E-state index in [9.17, 15) is 4.79 Å². The first kappa shape index (κ1) is 9.06. The second-order valence-corrected chi connectivity index (χ2v) is 3.55. The summed E-state index contributed by atoms with van der Waals surface area (Å²) in [5.41, 5.74) is 2.00. The lowest BCUT2D eigenvalue weighted by atomic mass is 10.2. The first-order valence-corrected chi connectivity index (χ1v) is 3.80. The maximum atomic E-state index is 11.2. The molecule has 0 spiro atoms. The van der Waals surface area contributed by atoms with Crippen LogP contribution in [0.25, 0.3) is 0 Å². The van der Waals surface area contributed by atoms with Crippen molar-refractivity contribution < 1.29 is 14.4 Å². The molecule has 1 rings (SSSR count). The van der Waals surface area contributed by atoms with Crippen LogP contribution in [0.15, 0.2) is 12.3 Å². The number of hydroxylamine groups is 1. The Bertz CT molecular complexity index is 205. The normalized spacial score (nSPS) is 22.1. The molecule has 1 aliphatic rings. The SMILES string of the molecule is CC(C)(C)OC(=O)C1C=CNO1. The highest BCUT2D eigenvalue weighted by atomic mass is 16.7. The molecular weight excluding hydrogens is 158 g/mol. The molecule has 1 atom stereocenters. The van der Waals surface area contributed by atoms with Crippen molar-refractivity contribution in [2.45, 2.75) is 32.5 Å². The van der Waals surface area contributed by atoms with Crippen LogP contribution in [0.2, 0.25) is 0 Å². The summed E-state index contributed by atoms with van der Waals surface area (Å²) < 4.78 is 5.07. The van der Waals surface area contributed by atoms with Gasteiger partial charge in [-0.3, -0.25) is 10.3 Å². The Hall–Kier alpha value is -1.03. The maximum absolute atomic E-state index is 11.2. The van der Waals surface area contributed by atoms with Crippen molar-refractivity contribution in [3.05, 3.63) is 12.3 Å². The van der Waals surface area contributed by atoms with Crippen LogP contribution in [0, 0.1) is 0 Å².